The van der Waals surface area contributed by atoms with E-state index in [9.17, 15) is 8.42 Å². The minimum absolute atomic E-state index is 0.228. The van der Waals surface area contributed by atoms with E-state index in [0.29, 0.717) is 23.9 Å². The molecule has 0 saturated carbocycles. The Bertz CT molecular complexity index is 840. The molecule has 1 saturated heterocycles. The van der Waals surface area contributed by atoms with Gasteiger partial charge in [-0.05, 0) is 24.5 Å². The molecular formula is C18H19ClN2O3S. The third-order valence-corrected chi connectivity index (χ3v) is 5.78. The molecule has 2 heterocycles. The molecule has 0 N–H and O–H groups in total. The van der Waals surface area contributed by atoms with E-state index in [1.54, 1.807) is 18.3 Å². The largest absolute Gasteiger partial charge is 0.487 e. The number of benzene rings is 1. The number of rotatable bonds is 5. The summed E-state index contributed by atoms with van der Waals surface area (Å²) in [6, 6.07) is 11.0. The molecule has 1 unspecified atom stereocenters. The van der Waals surface area contributed by atoms with Crippen molar-refractivity contribution >= 4 is 27.7 Å². The fraction of sp³-hybridized carbons (Fsp3) is 0.278. The highest BCUT2D eigenvalue weighted by Gasteiger charge is 2.28. The standard InChI is InChI=1S/C18H19ClN2O3S/c19-17-13-20-10-8-18(17)24-16-7-4-11-21(14-16)25(22,23)12-9-15-5-2-1-3-6-15/h1-3,5-6,8-10,12-13,16H,4,7,11,14H2. The second-order valence-corrected chi connectivity index (χ2v) is 8.03. The van der Waals surface area contributed by atoms with Crippen LogP contribution in [0, 0.1) is 0 Å². The average Bonchev–Trinajstić information content (AvgIpc) is 2.63. The van der Waals surface area contributed by atoms with E-state index in [1.807, 2.05) is 30.3 Å². The number of ether oxygens (including phenoxy) is 1. The predicted molar refractivity (Wildman–Crippen MR) is 98.9 cm³/mol. The topological polar surface area (TPSA) is 59.5 Å². The van der Waals surface area contributed by atoms with Gasteiger partial charge in [-0.2, -0.15) is 4.31 Å². The van der Waals surface area contributed by atoms with Crippen LogP contribution in [0.25, 0.3) is 6.08 Å². The Balaban J connectivity index is 1.68. The lowest BCUT2D eigenvalue weighted by Crippen LogP contribution is -2.43. The predicted octanol–water partition coefficient (Wildman–Crippen LogP) is 3.58. The van der Waals surface area contributed by atoms with E-state index in [2.05, 4.69) is 4.98 Å². The SMILES string of the molecule is O=S(=O)(C=Cc1ccccc1)N1CCCC(Oc2ccncc2Cl)C1. The number of halogens is 1. The molecule has 132 valence electrons. The summed E-state index contributed by atoms with van der Waals surface area (Å²) in [6.07, 6.45) is 6.02. The zero-order chi connectivity index (χ0) is 17.7. The zero-order valence-electron chi connectivity index (χ0n) is 13.6. The van der Waals surface area contributed by atoms with E-state index >= 15 is 0 Å². The number of sulfonamides is 1. The molecule has 2 aromatic rings. The molecule has 7 heteroatoms. The van der Waals surface area contributed by atoms with Gasteiger partial charge in [0.05, 0.1) is 6.54 Å². The normalized spacial score (nSPS) is 19.2. The van der Waals surface area contributed by atoms with Crippen molar-refractivity contribution in [2.24, 2.45) is 0 Å². The fourth-order valence-corrected chi connectivity index (χ4v) is 4.11. The van der Waals surface area contributed by atoms with Crippen molar-refractivity contribution in [3.8, 4) is 5.75 Å². The van der Waals surface area contributed by atoms with Crippen LogP contribution in [0.5, 0.6) is 5.75 Å². The molecule has 1 fully saturated rings. The summed E-state index contributed by atoms with van der Waals surface area (Å²) in [5, 5.41) is 1.68. The van der Waals surface area contributed by atoms with E-state index in [4.69, 9.17) is 16.3 Å². The van der Waals surface area contributed by atoms with Gasteiger partial charge in [-0.1, -0.05) is 41.9 Å². The quantitative estimate of drug-likeness (QED) is 0.797. The zero-order valence-corrected chi connectivity index (χ0v) is 15.2. The van der Waals surface area contributed by atoms with E-state index in [0.717, 1.165) is 18.4 Å². The molecular weight excluding hydrogens is 360 g/mol. The Hall–Kier alpha value is -1.89. The smallest absolute Gasteiger partial charge is 0.236 e. The van der Waals surface area contributed by atoms with Gasteiger partial charge in [0.2, 0.25) is 10.0 Å². The van der Waals surface area contributed by atoms with Crippen molar-refractivity contribution in [3.63, 3.8) is 0 Å². The summed E-state index contributed by atoms with van der Waals surface area (Å²) in [4.78, 5) is 3.92. The minimum Gasteiger partial charge on any atom is -0.487 e. The van der Waals surface area contributed by atoms with Crippen LogP contribution in [-0.4, -0.2) is 36.9 Å². The molecule has 0 spiro atoms. The molecule has 1 aromatic carbocycles. The fourth-order valence-electron chi connectivity index (χ4n) is 2.68. The maximum atomic E-state index is 12.6. The first kappa shape index (κ1) is 17.9. The summed E-state index contributed by atoms with van der Waals surface area (Å²) in [5.74, 6) is 0.528. The molecule has 1 atom stereocenters. The molecule has 1 aliphatic heterocycles. The van der Waals surface area contributed by atoms with Crippen molar-refractivity contribution < 1.29 is 13.2 Å². The first-order chi connectivity index (χ1) is 12.0. The van der Waals surface area contributed by atoms with E-state index < -0.39 is 10.0 Å². The Kier molecular flexibility index (Phi) is 5.73. The molecule has 0 bridgehead atoms. The van der Waals surface area contributed by atoms with Gasteiger partial charge < -0.3 is 4.74 Å². The summed E-state index contributed by atoms with van der Waals surface area (Å²) >= 11 is 6.06. The third kappa shape index (κ3) is 4.81. The second kappa shape index (κ2) is 7.99. The number of piperidine rings is 1. The van der Waals surface area contributed by atoms with Crippen LogP contribution in [0.3, 0.4) is 0 Å². The number of hydrogen-bond acceptors (Lipinski definition) is 4. The van der Waals surface area contributed by atoms with Crippen LogP contribution in [-0.2, 0) is 10.0 Å². The van der Waals surface area contributed by atoms with Gasteiger partial charge in [0, 0.05) is 30.4 Å². The van der Waals surface area contributed by atoms with Crippen LogP contribution in [0.2, 0.25) is 5.02 Å². The number of hydrogen-bond donors (Lipinski definition) is 0. The second-order valence-electron chi connectivity index (χ2n) is 5.80. The molecule has 0 amide bonds. The number of nitrogens with zero attached hydrogens (tertiary/aromatic N) is 2. The van der Waals surface area contributed by atoms with E-state index in [1.165, 1.54) is 15.9 Å². The minimum atomic E-state index is -3.49. The molecule has 5 nitrogen and oxygen atoms in total. The maximum absolute atomic E-state index is 12.6. The van der Waals surface area contributed by atoms with Crippen LogP contribution in [0.15, 0.2) is 54.2 Å². The van der Waals surface area contributed by atoms with Gasteiger partial charge in [-0.25, -0.2) is 8.42 Å². The van der Waals surface area contributed by atoms with Crippen molar-refractivity contribution in [2.45, 2.75) is 18.9 Å². The van der Waals surface area contributed by atoms with Crippen molar-refractivity contribution in [3.05, 3.63) is 64.8 Å². The van der Waals surface area contributed by atoms with Gasteiger partial charge in [0.15, 0.2) is 0 Å². The third-order valence-electron chi connectivity index (χ3n) is 3.96. The number of pyridine rings is 1. The highest BCUT2D eigenvalue weighted by molar-refractivity contribution is 7.92. The van der Waals surface area contributed by atoms with Gasteiger partial charge in [0.25, 0.3) is 0 Å². The van der Waals surface area contributed by atoms with Crippen LogP contribution >= 0.6 is 11.6 Å². The highest BCUT2D eigenvalue weighted by Crippen LogP contribution is 2.26. The van der Waals surface area contributed by atoms with Gasteiger partial charge in [0.1, 0.15) is 16.9 Å². The lowest BCUT2D eigenvalue weighted by molar-refractivity contribution is 0.130. The first-order valence-electron chi connectivity index (χ1n) is 8.04. The average molecular weight is 379 g/mol. The highest BCUT2D eigenvalue weighted by atomic mass is 35.5. The van der Waals surface area contributed by atoms with Crippen LogP contribution in [0.4, 0.5) is 0 Å². The first-order valence-corrected chi connectivity index (χ1v) is 9.92. The number of aromatic nitrogens is 1. The van der Waals surface area contributed by atoms with Crippen molar-refractivity contribution in [1.29, 1.82) is 0 Å². The molecule has 1 aromatic heterocycles. The molecule has 0 radical (unpaired) electrons. The van der Waals surface area contributed by atoms with E-state index in [-0.39, 0.29) is 6.10 Å². The Morgan fingerprint density at radius 2 is 2.04 bits per heavy atom. The maximum Gasteiger partial charge on any atom is 0.236 e. The lowest BCUT2D eigenvalue weighted by atomic mass is 10.1. The Morgan fingerprint density at radius 3 is 2.80 bits per heavy atom. The lowest BCUT2D eigenvalue weighted by Gasteiger charge is -2.31. The molecule has 0 aliphatic carbocycles. The van der Waals surface area contributed by atoms with Crippen LogP contribution in [0.1, 0.15) is 18.4 Å². The molecule has 25 heavy (non-hydrogen) atoms. The van der Waals surface area contributed by atoms with Gasteiger partial charge >= 0.3 is 0 Å². The Labute approximate surface area is 153 Å². The Morgan fingerprint density at radius 1 is 1.24 bits per heavy atom. The van der Waals surface area contributed by atoms with Crippen molar-refractivity contribution in [1.82, 2.24) is 9.29 Å². The van der Waals surface area contributed by atoms with Gasteiger partial charge in [-0.3, -0.25) is 4.98 Å². The van der Waals surface area contributed by atoms with Crippen LogP contribution < -0.4 is 4.74 Å². The summed E-state index contributed by atoms with van der Waals surface area (Å²) in [7, 11) is -3.49. The molecule has 1 aliphatic rings. The summed E-state index contributed by atoms with van der Waals surface area (Å²) < 4.78 is 32.5. The monoisotopic (exact) mass is 378 g/mol. The summed E-state index contributed by atoms with van der Waals surface area (Å²) in [6.45, 7) is 0.797. The van der Waals surface area contributed by atoms with Crippen molar-refractivity contribution in [2.75, 3.05) is 13.1 Å². The van der Waals surface area contributed by atoms with Gasteiger partial charge in [-0.15, -0.1) is 0 Å². The molecule has 3 rings (SSSR count). The summed E-state index contributed by atoms with van der Waals surface area (Å²) in [5.41, 5.74) is 0.847.